The average molecular weight is 475 g/mol. The fourth-order valence-electron chi connectivity index (χ4n) is 3.93. The fourth-order valence-corrected chi connectivity index (χ4v) is 4.07. The molecule has 0 unspecified atom stereocenters. The van der Waals surface area contributed by atoms with Crippen LogP contribution in [-0.2, 0) is 4.79 Å². The summed E-state index contributed by atoms with van der Waals surface area (Å²) in [6, 6.07) is 11.0. The molecule has 178 valence electrons. The summed E-state index contributed by atoms with van der Waals surface area (Å²) < 4.78 is 13.8. The SMILES string of the molecule is CC1CCC(N2CCN(C(=N)c3ccncc3F)C(=N)C2=O)CC1.CN.Clc1ccccc1. The Morgan fingerprint density at radius 3 is 2.30 bits per heavy atom. The van der Waals surface area contributed by atoms with Gasteiger partial charge >= 0.3 is 0 Å². The molecule has 9 heteroatoms. The van der Waals surface area contributed by atoms with Crippen LogP contribution in [0.3, 0.4) is 0 Å². The average Bonchev–Trinajstić information content (AvgIpc) is 2.84. The zero-order chi connectivity index (χ0) is 24.4. The monoisotopic (exact) mass is 474 g/mol. The van der Waals surface area contributed by atoms with Crippen LogP contribution >= 0.6 is 11.6 Å². The highest BCUT2D eigenvalue weighted by atomic mass is 35.5. The Balaban J connectivity index is 0.000000362. The van der Waals surface area contributed by atoms with Gasteiger partial charge in [0.2, 0.25) is 0 Å². The minimum Gasteiger partial charge on any atom is -0.333 e. The van der Waals surface area contributed by atoms with E-state index in [1.54, 1.807) is 4.90 Å². The lowest BCUT2D eigenvalue weighted by atomic mass is 9.86. The predicted molar refractivity (Wildman–Crippen MR) is 130 cm³/mol. The van der Waals surface area contributed by atoms with Crippen LogP contribution in [0.15, 0.2) is 48.8 Å². The highest BCUT2D eigenvalue weighted by molar-refractivity contribution is 6.40. The van der Waals surface area contributed by atoms with Crippen LogP contribution in [0.25, 0.3) is 0 Å². The second-order valence-corrected chi connectivity index (χ2v) is 8.35. The first-order valence-corrected chi connectivity index (χ1v) is 11.4. The molecule has 1 saturated heterocycles. The highest BCUT2D eigenvalue weighted by Crippen LogP contribution is 2.28. The number of aromatic nitrogens is 1. The van der Waals surface area contributed by atoms with Gasteiger partial charge in [0.1, 0.15) is 5.84 Å². The molecule has 1 aliphatic heterocycles. The lowest BCUT2D eigenvalue weighted by Crippen LogP contribution is -2.59. The molecule has 2 aromatic rings. The van der Waals surface area contributed by atoms with Crippen molar-refractivity contribution in [2.45, 2.75) is 38.6 Å². The maximum absolute atomic E-state index is 13.8. The number of halogens is 2. The van der Waals surface area contributed by atoms with Gasteiger partial charge in [-0.3, -0.25) is 20.6 Å². The Bertz CT molecular complexity index is 934. The van der Waals surface area contributed by atoms with Crippen LogP contribution in [-0.4, -0.2) is 58.5 Å². The summed E-state index contributed by atoms with van der Waals surface area (Å²) in [5.74, 6) is -0.697. The first-order chi connectivity index (χ1) is 15.9. The van der Waals surface area contributed by atoms with Crippen LogP contribution in [0.5, 0.6) is 0 Å². The number of nitrogens with one attached hydrogen (secondary N) is 2. The molecule has 0 spiro atoms. The summed E-state index contributed by atoms with van der Waals surface area (Å²) in [5, 5.41) is 17.1. The molecule has 1 aromatic heterocycles. The quantitative estimate of drug-likeness (QED) is 0.448. The van der Waals surface area contributed by atoms with Crippen molar-refractivity contribution in [1.82, 2.24) is 14.8 Å². The Labute approximate surface area is 199 Å². The molecule has 1 aromatic carbocycles. The van der Waals surface area contributed by atoms with E-state index in [1.807, 2.05) is 30.3 Å². The van der Waals surface area contributed by atoms with Gasteiger partial charge in [0.15, 0.2) is 11.7 Å². The van der Waals surface area contributed by atoms with Crippen molar-refractivity contribution < 1.29 is 9.18 Å². The van der Waals surface area contributed by atoms with Crippen molar-refractivity contribution in [3.63, 3.8) is 0 Å². The molecule has 2 fully saturated rings. The van der Waals surface area contributed by atoms with Gasteiger partial charge in [-0.1, -0.05) is 36.7 Å². The highest BCUT2D eigenvalue weighted by Gasteiger charge is 2.37. The van der Waals surface area contributed by atoms with E-state index in [4.69, 9.17) is 22.4 Å². The summed E-state index contributed by atoms with van der Waals surface area (Å²) >= 11 is 5.54. The van der Waals surface area contributed by atoms with Gasteiger partial charge in [0.05, 0.1) is 11.8 Å². The van der Waals surface area contributed by atoms with E-state index >= 15 is 0 Å². The minimum atomic E-state index is -0.619. The molecule has 7 nitrogen and oxygen atoms in total. The summed E-state index contributed by atoms with van der Waals surface area (Å²) in [4.78, 5) is 19.3. The van der Waals surface area contributed by atoms with E-state index in [9.17, 15) is 9.18 Å². The number of benzene rings is 1. The van der Waals surface area contributed by atoms with E-state index in [0.29, 0.717) is 19.0 Å². The number of nitrogens with zero attached hydrogens (tertiary/aromatic N) is 3. The van der Waals surface area contributed by atoms with E-state index in [0.717, 1.165) is 36.9 Å². The van der Waals surface area contributed by atoms with Crippen molar-refractivity contribution in [3.05, 3.63) is 65.2 Å². The second-order valence-electron chi connectivity index (χ2n) is 7.91. The van der Waals surface area contributed by atoms with Crippen LogP contribution in [0.2, 0.25) is 5.02 Å². The summed E-state index contributed by atoms with van der Waals surface area (Å²) in [6.07, 6.45) is 6.58. The van der Waals surface area contributed by atoms with Gasteiger partial charge in [0.25, 0.3) is 5.91 Å². The topological polar surface area (TPSA) is 110 Å². The fraction of sp³-hybridized carbons (Fsp3) is 0.417. The molecular weight excluding hydrogens is 443 g/mol. The number of rotatable bonds is 2. The van der Waals surface area contributed by atoms with Gasteiger partial charge < -0.3 is 15.5 Å². The molecule has 1 aliphatic carbocycles. The standard InChI is InChI=1S/C17H22FN5O.C6H5Cl.CH5N/c1-11-2-4-12(5-3-11)22-8-9-23(16(20)17(22)24)15(19)13-6-7-21-10-14(13)18;7-6-4-2-1-3-5-6;1-2/h6-7,10-12,19-20H,2-5,8-9H2,1H3;1-5H;2H2,1H3. The molecule has 1 saturated carbocycles. The second kappa shape index (κ2) is 13.0. The Kier molecular flexibility index (Phi) is 10.4. The lowest BCUT2D eigenvalue weighted by Gasteiger charge is -2.42. The largest absolute Gasteiger partial charge is 0.333 e. The number of carbonyl (C=O) groups excluding carboxylic acids is 1. The third kappa shape index (κ3) is 7.07. The molecule has 4 rings (SSSR count). The number of hydrogen-bond donors (Lipinski definition) is 3. The minimum absolute atomic E-state index is 0.0579. The number of nitrogens with two attached hydrogens (primary N) is 1. The Morgan fingerprint density at radius 1 is 1.12 bits per heavy atom. The molecule has 0 radical (unpaired) electrons. The first-order valence-electron chi connectivity index (χ1n) is 11.0. The zero-order valence-corrected chi connectivity index (χ0v) is 19.9. The van der Waals surface area contributed by atoms with E-state index in [1.165, 1.54) is 24.2 Å². The van der Waals surface area contributed by atoms with E-state index in [-0.39, 0.29) is 29.2 Å². The normalized spacial score (nSPS) is 20.3. The van der Waals surface area contributed by atoms with Gasteiger partial charge in [0, 0.05) is 30.4 Å². The number of piperazine rings is 1. The molecular formula is C24H32ClFN6O. The summed E-state index contributed by atoms with van der Waals surface area (Å²) in [6.45, 7) is 3.04. The number of carbonyl (C=O) groups is 1. The third-order valence-electron chi connectivity index (χ3n) is 5.75. The van der Waals surface area contributed by atoms with Crippen LogP contribution in [0.1, 0.15) is 38.2 Å². The van der Waals surface area contributed by atoms with Gasteiger partial charge in [-0.2, -0.15) is 0 Å². The number of pyridine rings is 1. The van der Waals surface area contributed by atoms with Crippen molar-refractivity contribution >= 4 is 29.2 Å². The number of amidine groups is 2. The van der Waals surface area contributed by atoms with Gasteiger partial charge in [-0.05, 0) is 56.8 Å². The van der Waals surface area contributed by atoms with Crippen molar-refractivity contribution in [2.75, 3.05) is 20.1 Å². The predicted octanol–water partition coefficient (Wildman–Crippen LogP) is 4.16. The van der Waals surface area contributed by atoms with Crippen molar-refractivity contribution in [3.8, 4) is 0 Å². The van der Waals surface area contributed by atoms with Gasteiger partial charge in [-0.15, -0.1) is 0 Å². The lowest BCUT2D eigenvalue weighted by molar-refractivity contribution is -0.129. The van der Waals surface area contributed by atoms with Gasteiger partial charge in [-0.25, -0.2) is 4.39 Å². The molecule has 0 bridgehead atoms. The molecule has 2 aliphatic rings. The van der Waals surface area contributed by atoms with Crippen LogP contribution < -0.4 is 5.73 Å². The molecule has 33 heavy (non-hydrogen) atoms. The first kappa shape index (κ1) is 26.4. The smallest absolute Gasteiger partial charge is 0.289 e. The maximum atomic E-state index is 13.8. The van der Waals surface area contributed by atoms with Crippen LogP contribution in [0.4, 0.5) is 4.39 Å². The van der Waals surface area contributed by atoms with Crippen molar-refractivity contribution in [1.29, 1.82) is 10.8 Å². The number of hydrogen-bond acceptors (Lipinski definition) is 5. The Hall–Kier alpha value is -2.84. The zero-order valence-electron chi connectivity index (χ0n) is 19.1. The molecule has 4 N–H and O–H groups in total. The molecule has 0 atom stereocenters. The van der Waals surface area contributed by atoms with Crippen LogP contribution in [0, 0.1) is 22.6 Å². The van der Waals surface area contributed by atoms with E-state index < -0.39 is 5.82 Å². The summed E-state index contributed by atoms with van der Waals surface area (Å²) in [7, 11) is 1.50. The maximum Gasteiger partial charge on any atom is 0.289 e. The molecule has 2 heterocycles. The summed E-state index contributed by atoms with van der Waals surface area (Å²) in [5.41, 5.74) is 4.56. The number of amides is 1. The van der Waals surface area contributed by atoms with E-state index in [2.05, 4.69) is 17.6 Å². The Morgan fingerprint density at radius 2 is 1.76 bits per heavy atom. The van der Waals surface area contributed by atoms with Crippen molar-refractivity contribution in [2.24, 2.45) is 11.7 Å². The molecule has 1 amide bonds. The third-order valence-corrected chi connectivity index (χ3v) is 6.01.